The minimum absolute atomic E-state index is 0.00442. The van der Waals surface area contributed by atoms with Gasteiger partial charge in [0.1, 0.15) is 11.5 Å². The number of nitrogens with zero attached hydrogens (tertiary/aromatic N) is 1. The second-order valence-corrected chi connectivity index (χ2v) is 6.96. The molecule has 1 aliphatic heterocycles. The molecular weight excluding hydrogens is 394 g/mol. The van der Waals surface area contributed by atoms with Crippen molar-refractivity contribution in [3.63, 3.8) is 0 Å². The number of hydrazone groups is 1. The van der Waals surface area contributed by atoms with Crippen molar-refractivity contribution < 1.29 is 19.1 Å². The number of rotatable bonds is 6. The van der Waals surface area contributed by atoms with Gasteiger partial charge in [-0.25, -0.2) is 5.43 Å². The molecule has 2 amide bonds. The molecule has 0 spiro atoms. The van der Waals surface area contributed by atoms with Crippen molar-refractivity contribution in [1.29, 1.82) is 0 Å². The lowest BCUT2D eigenvalue weighted by molar-refractivity contribution is -0.123. The van der Waals surface area contributed by atoms with Crippen LogP contribution < -0.4 is 20.2 Å². The van der Waals surface area contributed by atoms with Gasteiger partial charge in [-0.15, -0.1) is 0 Å². The summed E-state index contributed by atoms with van der Waals surface area (Å²) in [6.07, 6.45) is 0. The first-order chi connectivity index (χ1) is 15.1. The van der Waals surface area contributed by atoms with Crippen molar-refractivity contribution in [1.82, 2.24) is 5.43 Å². The summed E-state index contributed by atoms with van der Waals surface area (Å²) in [6, 6.07) is 22.9. The van der Waals surface area contributed by atoms with E-state index in [4.69, 9.17) is 9.47 Å². The lowest BCUT2D eigenvalue weighted by atomic mass is 10.1. The number of hydrogen-bond donors (Lipinski definition) is 2. The van der Waals surface area contributed by atoms with Gasteiger partial charge < -0.3 is 14.8 Å². The number of amides is 2. The van der Waals surface area contributed by atoms with Crippen LogP contribution in [-0.2, 0) is 9.59 Å². The predicted octanol–water partition coefficient (Wildman–Crippen LogP) is 3.60. The van der Waals surface area contributed by atoms with Gasteiger partial charge in [0.15, 0.2) is 13.2 Å². The summed E-state index contributed by atoms with van der Waals surface area (Å²) < 4.78 is 10.9. The lowest BCUT2D eigenvalue weighted by Crippen LogP contribution is -2.26. The van der Waals surface area contributed by atoms with Crippen LogP contribution in [0.2, 0.25) is 0 Å². The van der Waals surface area contributed by atoms with E-state index in [0.717, 1.165) is 16.7 Å². The Morgan fingerprint density at radius 1 is 1.06 bits per heavy atom. The maximum atomic E-state index is 12.1. The minimum atomic E-state index is -0.374. The molecule has 0 unspecified atom stereocenters. The fourth-order valence-corrected chi connectivity index (χ4v) is 3.07. The highest BCUT2D eigenvalue weighted by molar-refractivity contribution is 6.02. The topological polar surface area (TPSA) is 89.0 Å². The highest BCUT2D eigenvalue weighted by atomic mass is 16.5. The van der Waals surface area contributed by atoms with Crippen molar-refractivity contribution in [2.24, 2.45) is 5.10 Å². The number of fused-ring (bicyclic) bond motifs is 1. The summed E-state index contributed by atoms with van der Waals surface area (Å²) in [7, 11) is 0. The van der Waals surface area contributed by atoms with E-state index in [9.17, 15) is 9.59 Å². The fraction of sp³-hybridized carbons (Fsp3) is 0.125. The molecule has 2 N–H and O–H groups in total. The molecule has 7 heteroatoms. The SMILES string of the molecule is C/C(=N/NC(=O)COc1ccc(-c2ccccc2)cc1)c1ccc2c(c1)NC(=O)CO2. The zero-order valence-electron chi connectivity index (χ0n) is 16.9. The Balaban J connectivity index is 1.31. The normalized spacial score (nSPS) is 12.9. The molecule has 0 saturated carbocycles. The average molecular weight is 415 g/mol. The van der Waals surface area contributed by atoms with E-state index in [2.05, 4.69) is 15.8 Å². The Kier molecular flexibility index (Phi) is 5.93. The van der Waals surface area contributed by atoms with Crippen LogP contribution in [0.15, 0.2) is 77.9 Å². The fourth-order valence-electron chi connectivity index (χ4n) is 3.07. The van der Waals surface area contributed by atoms with Crippen LogP contribution >= 0.6 is 0 Å². The number of carbonyl (C=O) groups is 2. The van der Waals surface area contributed by atoms with Gasteiger partial charge in [0.05, 0.1) is 11.4 Å². The van der Waals surface area contributed by atoms with Crippen LogP contribution in [-0.4, -0.2) is 30.7 Å². The van der Waals surface area contributed by atoms with Crippen LogP contribution in [0.5, 0.6) is 11.5 Å². The summed E-state index contributed by atoms with van der Waals surface area (Å²) in [5, 5.41) is 6.86. The van der Waals surface area contributed by atoms with Gasteiger partial charge in [-0.1, -0.05) is 42.5 Å². The van der Waals surface area contributed by atoms with Crippen molar-refractivity contribution in [2.45, 2.75) is 6.92 Å². The van der Waals surface area contributed by atoms with Gasteiger partial charge in [0, 0.05) is 0 Å². The minimum Gasteiger partial charge on any atom is -0.484 e. The molecule has 3 aromatic rings. The van der Waals surface area contributed by atoms with E-state index >= 15 is 0 Å². The zero-order chi connectivity index (χ0) is 21.6. The molecule has 1 aliphatic rings. The van der Waals surface area contributed by atoms with Crippen LogP contribution in [0, 0.1) is 0 Å². The van der Waals surface area contributed by atoms with Crippen molar-refractivity contribution in [2.75, 3.05) is 18.5 Å². The number of hydrogen-bond acceptors (Lipinski definition) is 5. The van der Waals surface area contributed by atoms with E-state index in [1.807, 2.05) is 60.7 Å². The van der Waals surface area contributed by atoms with Gasteiger partial charge in [-0.2, -0.15) is 5.10 Å². The maximum Gasteiger partial charge on any atom is 0.277 e. The highest BCUT2D eigenvalue weighted by Gasteiger charge is 2.16. The van der Waals surface area contributed by atoms with Crippen molar-refractivity contribution in [3.8, 4) is 22.6 Å². The Morgan fingerprint density at radius 3 is 2.58 bits per heavy atom. The third-order valence-electron chi connectivity index (χ3n) is 4.71. The summed E-state index contributed by atoms with van der Waals surface area (Å²) in [5.74, 6) is 0.621. The first-order valence-corrected chi connectivity index (χ1v) is 9.77. The molecule has 156 valence electrons. The Morgan fingerprint density at radius 2 is 1.81 bits per heavy atom. The first kappa shape index (κ1) is 20.2. The molecule has 0 fully saturated rings. The van der Waals surface area contributed by atoms with Crippen molar-refractivity contribution >= 4 is 23.2 Å². The quantitative estimate of drug-likeness (QED) is 0.476. The number of carbonyl (C=O) groups excluding carboxylic acids is 2. The lowest BCUT2D eigenvalue weighted by Gasteiger charge is -2.18. The molecule has 0 saturated heterocycles. The summed E-state index contributed by atoms with van der Waals surface area (Å²) in [4.78, 5) is 23.6. The third kappa shape index (κ3) is 5.08. The monoisotopic (exact) mass is 415 g/mol. The molecule has 7 nitrogen and oxygen atoms in total. The van der Waals surface area contributed by atoms with E-state index in [0.29, 0.717) is 22.9 Å². The van der Waals surface area contributed by atoms with E-state index in [-0.39, 0.29) is 25.0 Å². The molecule has 0 bridgehead atoms. The Bertz CT molecular complexity index is 1130. The van der Waals surface area contributed by atoms with Gasteiger partial charge >= 0.3 is 0 Å². The molecule has 31 heavy (non-hydrogen) atoms. The molecule has 4 rings (SSSR count). The van der Waals surface area contributed by atoms with Gasteiger partial charge in [-0.05, 0) is 53.9 Å². The predicted molar refractivity (Wildman–Crippen MR) is 118 cm³/mol. The zero-order valence-corrected chi connectivity index (χ0v) is 16.9. The number of anilines is 1. The van der Waals surface area contributed by atoms with Gasteiger partial charge in [-0.3, -0.25) is 9.59 Å². The number of benzene rings is 3. The van der Waals surface area contributed by atoms with E-state index in [1.165, 1.54) is 0 Å². The van der Waals surface area contributed by atoms with Crippen LogP contribution in [0.25, 0.3) is 11.1 Å². The van der Waals surface area contributed by atoms with E-state index < -0.39 is 0 Å². The van der Waals surface area contributed by atoms with Gasteiger partial charge in [0.2, 0.25) is 0 Å². The summed E-state index contributed by atoms with van der Waals surface area (Å²) in [6.45, 7) is 1.61. The molecule has 0 atom stereocenters. The summed E-state index contributed by atoms with van der Waals surface area (Å²) >= 11 is 0. The van der Waals surface area contributed by atoms with Crippen LogP contribution in [0.3, 0.4) is 0 Å². The third-order valence-corrected chi connectivity index (χ3v) is 4.71. The Hall–Kier alpha value is -4.13. The highest BCUT2D eigenvalue weighted by Crippen LogP contribution is 2.28. The molecule has 0 radical (unpaired) electrons. The van der Waals surface area contributed by atoms with E-state index in [1.54, 1.807) is 19.1 Å². The molecular formula is C24H21N3O4. The smallest absolute Gasteiger partial charge is 0.277 e. The summed E-state index contributed by atoms with van der Waals surface area (Å²) in [5.41, 5.74) is 6.59. The van der Waals surface area contributed by atoms with Gasteiger partial charge in [0.25, 0.3) is 11.8 Å². The van der Waals surface area contributed by atoms with Crippen LogP contribution in [0.4, 0.5) is 5.69 Å². The maximum absolute atomic E-state index is 12.1. The molecule has 1 heterocycles. The van der Waals surface area contributed by atoms with Crippen molar-refractivity contribution in [3.05, 3.63) is 78.4 Å². The average Bonchev–Trinajstić information content (AvgIpc) is 2.81. The molecule has 0 aromatic heterocycles. The number of nitrogens with one attached hydrogen (secondary N) is 2. The standard InChI is InChI=1S/C24H21N3O4/c1-16(19-9-12-22-21(13-19)25-23(28)14-31-22)26-27-24(29)15-30-20-10-7-18(8-11-20)17-5-3-2-4-6-17/h2-13H,14-15H2,1H3,(H,25,28)(H,27,29)/b26-16-. The number of ether oxygens (including phenoxy) is 2. The van der Waals surface area contributed by atoms with Crippen LogP contribution in [0.1, 0.15) is 12.5 Å². The molecule has 0 aliphatic carbocycles. The first-order valence-electron chi connectivity index (χ1n) is 9.77. The Labute approximate surface area is 179 Å². The second-order valence-electron chi connectivity index (χ2n) is 6.96. The largest absolute Gasteiger partial charge is 0.484 e. The molecule has 3 aromatic carbocycles. The second kappa shape index (κ2) is 9.13.